The summed E-state index contributed by atoms with van der Waals surface area (Å²) < 4.78 is 0. The number of likely N-dealkylation sites (tertiary alicyclic amines) is 1. The number of carbonyl (C=O) groups excluding carboxylic acids is 2. The molecule has 3 N–H and O–H groups in total. The Morgan fingerprint density at radius 3 is 2.69 bits per heavy atom. The fourth-order valence-corrected chi connectivity index (χ4v) is 4.64. The number of carbonyl (C=O) groups is 2. The van der Waals surface area contributed by atoms with E-state index in [1.807, 2.05) is 55.5 Å². The number of benzene rings is 2. The lowest BCUT2D eigenvalue weighted by Gasteiger charge is -2.31. The maximum atomic E-state index is 13.0. The molecular weight excluding hydrogens is 400 g/mol. The number of rotatable bonds is 6. The van der Waals surface area contributed by atoms with Crippen LogP contribution in [0.15, 0.2) is 48.5 Å². The number of para-hydroxylation sites is 2. The predicted octanol–water partition coefficient (Wildman–Crippen LogP) is 3.73. The molecule has 1 aliphatic rings. The van der Waals surface area contributed by atoms with Crippen molar-refractivity contribution < 1.29 is 9.59 Å². The molecule has 0 saturated carbocycles. The van der Waals surface area contributed by atoms with Gasteiger partial charge in [0.25, 0.3) is 0 Å². The number of hydrogen-bond donors (Lipinski definition) is 2. The molecular formula is C26H30N4O2. The maximum absolute atomic E-state index is 13.0. The van der Waals surface area contributed by atoms with Crippen molar-refractivity contribution in [2.45, 2.75) is 39.7 Å². The Balaban J connectivity index is 1.49. The van der Waals surface area contributed by atoms with Gasteiger partial charge in [0.1, 0.15) is 0 Å². The molecule has 4 rings (SSSR count). The Hall–Kier alpha value is -3.25. The molecule has 166 valence electrons. The topological polar surface area (TPSA) is 88.3 Å². The van der Waals surface area contributed by atoms with Gasteiger partial charge in [-0.05, 0) is 62.1 Å². The number of aryl methyl sites for hydroxylation is 2. The van der Waals surface area contributed by atoms with Crippen molar-refractivity contribution in [1.82, 2.24) is 9.88 Å². The van der Waals surface area contributed by atoms with Crippen LogP contribution in [0.3, 0.4) is 0 Å². The Bertz CT molecular complexity index is 1160. The van der Waals surface area contributed by atoms with Gasteiger partial charge in [0, 0.05) is 29.9 Å². The van der Waals surface area contributed by atoms with Crippen LogP contribution in [0.4, 0.5) is 5.69 Å². The summed E-state index contributed by atoms with van der Waals surface area (Å²) in [5.74, 6) is -0.391. The molecule has 2 aromatic carbocycles. The highest BCUT2D eigenvalue weighted by Gasteiger charge is 2.24. The molecule has 1 saturated heterocycles. The molecule has 1 fully saturated rings. The fourth-order valence-electron chi connectivity index (χ4n) is 4.64. The summed E-state index contributed by atoms with van der Waals surface area (Å²) in [7, 11) is 0. The monoisotopic (exact) mass is 430 g/mol. The largest absolute Gasteiger partial charge is 0.369 e. The quantitative estimate of drug-likeness (QED) is 0.624. The third-order valence-corrected chi connectivity index (χ3v) is 6.42. The standard InChI is InChI=1S/C26H30N4O2/c1-17-21-10-4-6-12-24(21)28-18(2)22(17)14-25(31)29-23-11-5-3-8-19(23)15-30-13-7-9-20(16-30)26(27)32/h3-6,8,10-12,20H,7,9,13-16H2,1-2H3,(H2,27,32)(H,29,31). The molecule has 1 aliphatic heterocycles. The van der Waals surface area contributed by atoms with Crippen LogP contribution in [0.2, 0.25) is 0 Å². The summed E-state index contributed by atoms with van der Waals surface area (Å²) in [6, 6.07) is 15.9. The van der Waals surface area contributed by atoms with Gasteiger partial charge in [-0.15, -0.1) is 0 Å². The molecule has 3 aromatic rings. The van der Waals surface area contributed by atoms with Crippen LogP contribution < -0.4 is 11.1 Å². The van der Waals surface area contributed by atoms with Crippen molar-refractivity contribution in [1.29, 1.82) is 0 Å². The molecule has 0 aliphatic carbocycles. The third kappa shape index (κ3) is 4.81. The molecule has 1 aromatic heterocycles. The van der Waals surface area contributed by atoms with E-state index in [1.165, 1.54) is 0 Å². The molecule has 1 atom stereocenters. The van der Waals surface area contributed by atoms with Gasteiger partial charge >= 0.3 is 0 Å². The zero-order valence-corrected chi connectivity index (χ0v) is 18.7. The van der Waals surface area contributed by atoms with Crippen molar-refractivity contribution in [3.05, 3.63) is 70.9 Å². The van der Waals surface area contributed by atoms with Crippen LogP contribution in [0.1, 0.15) is 35.2 Å². The second kappa shape index (κ2) is 9.49. The van der Waals surface area contributed by atoms with Gasteiger partial charge in [-0.2, -0.15) is 0 Å². The number of piperidine rings is 1. The first-order valence-electron chi connectivity index (χ1n) is 11.2. The molecule has 2 heterocycles. The number of amides is 2. The number of primary amides is 1. The number of fused-ring (bicyclic) bond motifs is 1. The van der Waals surface area contributed by atoms with Gasteiger partial charge in [-0.3, -0.25) is 19.5 Å². The van der Waals surface area contributed by atoms with Gasteiger partial charge in [-0.25, -0.2) is 0 Å². The summed E-state index contributed by atoms with van der Waals surface area (Å²) in [5.41, 5.74) is 11.3. The number of hydrogen-bond acceptors (Lipinski definition) is 4. The Labute approximate surface area is 188 Å². The van der Waals surface area contributed by atoms with Crippen LogP contribution in [-0.4, -0.2) is 34.8 Å². The minimum Gasteiger partial charge on any atom is -0.369 e. The normalized spacial score (nSPS) is 16.8. The van der Waals surface area contributed by atoms with E-state index in [0.29, 0.717) is 13.1 Å². The number of pyridine rings is 1. The summed E-state index contributed by atoms with van der Waals surface area (Å²) in [6.45, 7) is 6.28. The van der Waals surface area contributed by atoms with Crippen molar-refractivity contribution in [3.8, 4) is 0 Å². The minimum atomic E-state index is -0.231. The second-order valence-electron chi connectivity index (χ2n) is 8.68. The number of anilines is 1. The number of nitrogens with zero attached hydrogens (tertiary/aromatic N) is 2. The first-order chi connectivity index (χ1) is 15.4. The summed E-state index contributed by atoms with van der Waals surface area (Å²) in [6.07, 6.45) is 2.08. The van der Waals surface area contributed by atoms with Crippen molar-refractivity contribution in [2.24, 2.45) is 11.7 Å². The number of nitrogens with one attached hydrogen (secondary N) is 1. The first kappa shape index (κ1) is 22.0. The van der Waals surface area contributed by atoms with Gasteiger partial charge < -0.3 is 11.1 Å². The highest BCUT2D eigenvalue weighted by molar-refractivity contribution is 5.94. The molecule has 32 heavy (non-hydrogen) atoms. The van der Waals surface area contributed by atoms with E-state index >= 15 is 0 Å². The zero-order chi connectivity index (χ0) is 22.7. The zero-order valence-electron chi connectivity index (χ0n) is 18.7. The minimum absolute atomic E-state index is 0.0608. The van der Waals surface area contributed by atoms with Crippen LogP contribution >= 0.6 is 0 Å². The van der Waals surface area contributed by atoms with Crippen molar-refractivity contribution in [2.75, 3.05) is 18.4 Å². The highest BCUT2D eigenvalue weighted by atomic mass is 16.2. The lowest BCUT2D eigenvalue weighted by atomic mass is 9.97. The van der Waals surface area contributed by atoms with E-state index in [9.17, 15) is 9.59 Å². The lowest BCUT2D eigenvalue weighted by Crippen LogP contribution is -2.40. The van der Waals surface area contributed by atoms with Gasteiger partial charge in [0.15, 0.2) is 0 Å². The highest BCUT2D eigenvalue weighted by Crippen LogP contribution is 2.25. The van der Waals surface area contributed by atoms with E-state index in [2.05, 4.69) is 22.1 Å². The van der Waals surface area contributed by atoms with E-state index in [0.717, 1.165) is 58.4 Å². The molecule has 6 nitrogen and oxygen atoms in total. The number of nitrogens with two attached hydrogens (primary N) is 1. The lowest BCUT2D eigenvalue weighted by molar-refractivity contribution is -0.123. The summed E-state index contributed by atoms with van der Waals surface area (Å²) in [5, 5.41) is 4.18. The van der Waals surface area contributed by atoms with Gasteiger partial charge in [0.05, 0.1) is 17.9 Å². The van der Waals surface area contributed by atoms with E-state index in [-0.39, 0.29) is 24.2 Å². The van der Waals surface area contributed by atoms with Crippen molar-refractivity contribution in [3.63, 3.8) is 0 Å². The fraction of sp³-hybridized carbons (Fsp3) is 0.346. The van der Waals surface area contributed by atoms with Crippen LogP contribution in [0.25, 0.3) is 10.9 Å². The van der Waals surface area contributed by atoms with Crippen LogP contribution in [0.5, 0.6) is 0 Å². The Kier molecular flexibility index (Phi) is 6.51. The average molecular weight is 431 g/mol. The van der Waals surface area contributed by atoms with Gasteiger partial charge in [0.2, 0.25) is 11.8 Å². The molecule has 0 bridgehead atoms. The van der Waals surface area contributed by atoms with Gasteiger partial charge in [-0.1, -0.05) is 36.4 Å². The first-order valence-corrected chi connectivity index (χ1v) is 11.2. The smallest absolute Gasteiger partial charge is 0.228 e. The SMILES string of the molecule is Cc1nc2ccccc2c(C)c1CC(=O)Nc1ccccc1CN1CCCC(C(N)=O)C1. The molecule has 6 heteroatoms. The van der Waals surface area contributed by atoms with E-state index < -0.39 is 0 Å². The molecule has 0 spiro atoms. The van der Waals surface area contributed by atoms with Crippen LogP contribution in [0, 0.1) is 19.8 Å². The Morgan fingerprint density at radius 2 is 1.88 bits per heavy atom. The molecule has 1 unspecified atom stereocenters. The second-order valence-corrected chi connectivity index (χ2v) is 8.68. The summed E-state index contributed by atoms with van der Waals surface area (Å²) >= 11 is 0. The van der Waals surface area contributed by atoms with Crippen LogP contribution in [-0.2, 0) is 22.6 Å². The predicted molar refractivity (Wildman–Crippen MR) is 127 cm³/mol. The van der Waals surface area contributed by atoms with Crippen molar-refractivity contribution >= 4 is 28.4 Å². The Morgan fingerprint density at radius 1 is 1.12 bits per heavy atom. The van der Waals surface area contributed by atoms with E-state index in [4.69, 9.17) is 5.73 Å². The van der Waals surface area contributed by atoms with E-state index in [1.54, 1.807) is 0 Å². The summed E-state index contributed by atoms with van der Waals surface area (Å²) in [4.78, 5) is 31.5. The molecule has 2 amide bonds. The molecule has 0 radical (unpaired) electrons. The number of aromatic nitrogens is 1. The maximum Gasteiger partial charge on any atom is 0.228 e. The average Bonchev–Trinajstić information content (AvgIpc) is 2.78. The third-order valence-electron chi connectivity index (χ3n) is 6.42.